The Balaban J connectivity index is 0.000000352. The van der Waals surface area contributed by atoms with Crippen LogP contribution < -0.4 is 15.9 Å². The summed E-state index contributed by atoms with van der Waals surface area (Å²) in [5.41, 5.74) is 4.29. The number of nitrogens with zero attached hydrogens (tertiary/aromatic N) is 4. The van der Waals surface area contributed by atoms with Gasteiger partial charge in [-0.15, -0.1) is 0 Å². The SMILES string of the molecule is C=C/C(=c1/c(C2CCNC2)nc(-c2ccnc(C)c2)n/c1=C/C)C1CCC1.CC.CC.Cc1nc(F)cc(F)c1F. The number of nitrogens with one attached hydrogen (secondary N) is 1. The number of aromatic nitrogens is 4. The molecule has 0 spiro atoms. The zero-order valence-electron chi connectivity index (χ0n) is 25.5. The molecule has 1 saturated carbocycles. The van der Waals surface area contributed by atoms with Crippen LogP contribution in [0.25, 0.3) is 23.0 Å². The maximum Gasteiger partial charge on any atom is 0.216 e. The summed E-state index contributed by atoms with van der Waals surface area (Å²) in [5.74, 6) is -1.47. The molecule has 8 heteroatoms. The maximum absolute atomic E-state index is 12.3. The van der Waals surface area contributed by atoms with Crippen molar-refractivity contribution in [2.45, 2.75) is 80.1 Å². The van der Waals surface area contributed by atoms with E-state index in [1.165, 1.54) is 42.7 Å². The quantitative estimate of drug-likeness (QED) is 0.355. The second kappa shape index (κ2) is 16.8. The van der Waals surface area contributed by atoms with Crippen molar-refractivity contribution in [1.82, 2.24) is 25.3 Å². The largest absolute Gasteiger partial charge is 0.316 e. The number of aryl methyl sites for hydroxylation is 2. The van der Waals surface area contributed by atoms with Gasteiger partial charge in [0.05, 0.1) is 16.7 Å². The molecule has 0 aromatic carbocycles. The first kappa shape index (κ1) is 33.8. The fraction of sp³-hybridized carbons (Fsp3) is 0.455. The van der Waals surface area contributed by atoms with Crippen molar-refractivity contribution in [3.63, 3.8) is 0 Å². The summed E-state index contributed by atoms with van der Waals surface area (Å²) >= 11 is 0. The Morgan fingerprint density at radius 1 is 1.00 bits per heavy atom. The molecule has 41 heavy (non-hydrogen) atoms. The summed E-state index contributed by atoms with van der Waals surface area (Å²) in [5, 5.41) is 5.78. The second-order valence-electron chi connectivity index (χ2n) is 9.47. The highest BCUT2D eigenvalue weighted by atomic mass is 19.2. The van der Waals surface area contributed by atoms with Crippen LogP contribution in [0, 0.1) is 37.3 Å². The predicted octanol–water partition coefficient (Wildman–Crippen LogP) is 6.72. The summed E-state index contributed by atoms with van der Waals surface area (Å²) in [4.78, 5) is 17.4. The fourth-order valence-corrected chi connectivity index (χ4v) is 4.77. The van der Waals surface area contributed by atoms with E-state index in [0.717, 1.165) is 41.9 Å². The van der Waals surface area contributed by atoms with Gasteiger partial charge >= 0.3 is 0 Å². The van der Waals surface area contributed by atoms with Crippen molar-refractivity contribution in [1.29, 1.82) is 0 Å². The van der Waals surface area contributed by atoms with Crippen LogP contribution in [-0.4, -0.2) is 33.0 Å². The normalized spacial score (nSPS) is 17.1. The minimum absolute atomic E-state index is 0.266. The maximum atomic E-state index is 12.3. The Bertz CT molecular complexity index is 1390. The van der Waals surface area contributed by atoms with Crippen LogP contribution in [0.15, 0.2) is 37.1 Å². The molecule has 1 saturated heterocycles. The molecule has 1 N–H and O–H groups in total. The van der Waals surface area contributed by atoms with Crippen molar-refractivity contribution in [2.24, 2.45) is 5.92 Å². The van der Waals surface area contributed by atoms with Gasteiger partial charge in [0.25, 0.3) is 0 Å². The first-order valence-electron chi connectivity index (χ1n) is 14.6. The molecule has 1 unspecified atom stereocenters. The van der Waals surface area contributed by atoms with E-state index in [1.807, 2.05) is 46.9 Å². The third kappa shape index (κ3) is 8.55. The number of halogens is 3. The number of hydrogen-bond donors (Lipinski definition) is 1. The van der Waals surface area contributed by atoms with E-state index in [9.17, 15) is 13.2 Å². The van der Waals surface area contributed by atoms with Gasteiger partial charge in [0.2, 0.25) is 5.95 Å². The lowest BCUT2D eigenvalue weighted by Gasteiger charge is -2.27. The molecule has 1 atom stereocenters. The molecule has 0 amide bonds. The van der Waals surface area contributed by atoms with Gasteiger partial charge in [-0.2, -0.15) is 4.39 Å². The average Bonchev–Trinajstić information content (AvgIpc) is 3.50. The number of pyridine rings is 2. The monoisotopic (exact) mass is 567 g/mol. The summed E-state index contributed by atoms with van der Waals surface area (Å²) in [7, 11) is 0. The van der Waals surface area contributed by atoms with Gasteiger partial charge in [0, 0.05) is 41.2 Å². The van der Waals surface area contributed by atoms with Gasteiger partial charge in [-0.25, -0.2) is 23.7 Å². The Hall–Kier alpha value is -3.39. The van der Waals surface area contributed by atoms with E-state index in [4.69, 9.17) is 9.97 Å². The average molecular weight is 568 g/mol. The van der Waals surface area contributed by atoms with Crippen LogP contribution in [0.5, 0.6) is 0 Å². The highest BCUT2D eigenvalue weighted by molar-refractivity contribution is 5.62. The van der Waals surface area contributed by atoms with E-state index in [0.29, 0.717) is 17.9 Å². The molecular formula is C33H44F3N5. The molecule has 3 aromatic heterocycles. The smallest absolute Gasteiger partial charge is 0.216 e. The van der Waals surface area contributed by atoms with Gasteiger partial charge in [-0.3, -0.25) is 4.98 Å². The van der Waals surface area contributed by atoms with Crippen molar-refractivity contribution >= 4 is 11.6 Å². The van der Waals surface area contributed by atoms with Crippen molar-refractivity contribution in [3.05, 3.63) is 82.3 Å². The molecule has 0 bridgehead atoms. The van der Waals surface area contributed by atoms with E-state index >= 15 is 0 Å². The summed E-state index contributed by atoms with van der Waals surface area (Å²) in [6.07, 6.45) is 10.9. The van der Waals surface area contributed by atoms with Crippen LogP contribution >= 0.6 is 0 Å². The highest BCUT2D eigenvalue weighted by Gasteiger charge is 2.26. The molecular weight excluding hydrogens is 523 g/mol. The van der Waals surface area contributed by atoms with Gasteiger partial charge in [0.15, 0.2) is 17.5 Å². The lowest BCUT2D eigenvalue weighted by molar-refractivity contribution is 0.400. The van der Waals surface area contributed by atoms with E-state index in [-0.39, 0.29) is 5.69 Å². The van der Waals surface area contributed by atoms with E-state index in [1.54, 1.807) is 0 Å². The Kier molecular flexibility index (Phi) is 13.8. The van der Waals surface area contributed by atoms with Gasteiger partial charge < -0.3 is 5.32 Å². The molecule has 3 aromatic rings. The summed E-state index contributed by atoms with van der Waals surface area (Å²) in [6.45, 7) is 19.5. The molecule has 222 valence electrons. The Morgan fingerprint density at radius 2 is 1.71 bits per heavy atom. The zero-order chi connectivity index (χ0) is 30.5. The minimum Gasteiger partial charge on any atom is -0.316 e. The predicted molar refractivity (Wildman–Crippen MR) is 162 cm³/mol. The topological polar surface area (TPSA) is 63.6 Å². The van der Waals surface area contributed by atoms with Gasteiger partial charge in [-0.1, -0.05) is 52.8 Å². The van der Waals surface area contributed by atoms with Gasteiger partial charge in [-0.05, 0) is 70.2 Å². The molecule has 4 heterocycles. The molecule has 2 fully saturated rings. The number of rotatable bonds is 4. The molecule has 5 rings (SSSR count). The van der Waals surface area contributed by atoms with Crippen LogP contribution in [-0.2, 0) is 0 Å². The molecule has 5 nitrogen and oxygen atoms in total. The van der Waals surface area contributed by atoms with Crippen LogP contribution in [0.2, 0.25) is 0 Å². The molecule has 1 aliphatic heterocycles. The van der Waals surface area contributed by atoms with Crippen LogP contribution in [0.1, 0.15) is 83.3 Å². The lowest BCUT2D eigenvalue weighted by atomic mass is 9.78. The zero-order valence-corrected chi connectivity index (χ0v) is 25.5. The standard InChI is InChI=1S/C23H28N4.C6H4F3N.2C2H6/c1-4-19(16-7-6-8-16)21-20(5-2)26-23(17-10-12-25-15(3)13-17)27-22(21)18-9-11-24-14-18;1-3-6(9)4(7)2-5(8)10-3;2*1-2/h4-5,10,12-13,16,18,24H,1,6-9,11,14H2,2-3H3;2H,1H3;2*1-2H3/b20-5+,21-19-;;;. The van der Waals surface area contributed by atoms with Crippen molar-refractivity contribution in [2.75, 3.05) is 13.1 Å². The fourth-order valence-electron chi connectivity index (χ4n) is 4.77. The summed E-state index contributed by atoms with van der Waals surface area (Å²) < 4.78 is 36.6. The molecule has 1 aliphatic carbocycles. The van der Waals surface area contributed by atoms with Crippen LogP contribution in [0.3, 0.4) is 0 Å². The van der Waals surface area contributed by atoms with Crippen molar-refractivity contribution in [3.8, 4) is 11.4 Å². The second-order valence-corrected chi connectivity index (χ2v) is 9.47. The van der Waals surface area contributed by atoms with Crippen molar-refractivity contribution < 1.29 is 13.2 Å². The Labute approximate surface area is 242 Å². The molecule has 2 aliphatic rings. The lowest BCUT2D eigenvalue weighted by Crippen LogP contribution is -2.39. The van der Waals surface area contributed by atoms with Crippen LogP contribution in [0.4, 0.5) is 13.2 Å². The minimum atomic E-state index is -1.20. The third-order valence-electron chi connectivity index (χ3n) is 6.94. The first-order chi connectivity index (χ1) is 19.8. The third-order valence-corrected chi connectivity index (χ3v) is 6.94. The number of hydrogen-bond acceptors (Lipinski definition) is 5. The van der Waals surface area contributed by atoms with Gasteiger partial charge in [0.1, 0.15) is 0 Å². The summed E-state index contributed by atoms with van der Waals surface area (Å²) in [6, 6.07) is 4.47. The highest BCUT2D eigenvalue weighted by Crippen LogP contribution is 2.34. The Morgan fingerprint density at radius 3 is 2.22 bits per heavy atom. The number of allylic oxidation sites excluding steroid dienone is 1. The first-order valence-corrected chi connectivity index (χ1v) is 14.6. The van der Waals surface area contributed by atoms with E-state index < -0.39 is 17.6 Å². The van der Waals surface area contributed by atoms with E-state index in [2.05, 4.69) is 47.0 Å². The molecule has 0 radical (unpaired) electrons.